The lowest BCUT2D eigenvalue weighted by atomic mass is 10.00. The number of unbranched alkanes of at least 4 members (excludes halogenated alkanes) is 1. The lowest BCUT2D eigenvalue weighted by molar-refractivity contribution is 0.454. The highest BCUT2D eigenvalue weighted by molar-refractivity contribution is 5.22. The molecule has 1 atom stereocenters. The van der Waals surface area contributed by atoms with Crippen molar-refractivity contribution in [2.75, 3.05) is 6.54 Å². The van der Waals surface area contributed by atoms with E-state index < -0.39 is 0 Å². The first kappa shape index (κ1) is 14.8. The molecule has 1 unspecified atom stereocenters. The Kier molecular flexibility index (Phi) is 7.22. The molecule has 1 rings (SSSR count). The molecule has 1 nitrogen and oxygen atoms in total. The first-order valence-electron chi connectivity index (χ1n) is 6.98. The molecule has 0 radical (unpaired) electrons. The van der Waals surface area contributed by atoms with Crippen LogP contribution in [0.1, 0.15) is 43.7 Å². The van der Waals surface area contributed by atoms with Crippen LogP contribution in [0.2, 0.25) is 0 Å². The molecule has 0 aliphatic heterocycles. The first-order valence-corrected chi connectivity index (χ1v) is 6.98. The number of nitrogens with one attached hydrogen (secondary N) is 1. The molecule has 1 heteroatoms. The van der Waals surface area contributed by atoms with Crippen molar-refractivity contribution in [2.45, 2.75) is 52.0 Å². The molecular formula is C17H25N. The van der Waals surface area contributed by atoms with E-state index in [4.69, 9.17) is 6.42 Å². The molecule has 18 heavy (non-hydrogen) atoms. The Labute approximate surface area is 112 Å². The molecule has 0 spiro atoms. The summed E-state index contributed by atoms with van der Waals surface area (Å²) in [6.45, 7) is 5.35. The molecule has 0 saturated carbocycles. The van der Waals surface area contributed by atoms with Crippen LogP contribution < -0.4 is 5.32 Å². The molecule has 98 valence electrons. The van der Waals surface area contributed by atoms with E-state index in [2.05, 4.69) is 49.4 Å². The van der Waals surface area contributed by atoms with E-state index >= 15 is 0 Å². The third-order valence-corrected chi connectivity index (χ3v) is 3.23. The predicted octanol–water partition coefficient (Wildman–Crippen LogP) is 3.71. The Balaban J connectivity index is 2.39. The van der Waals surface area contributed by atoms with Crippen molar-refractivity contribution in [2.24, 2.45) is 0 Å². The zero-order valence-electron chi connectivity index (χ0n) is 11.7. The van der Waals surface area contributed by atoms with Gasteiger partial charge in [-0.15, -0.1) is 12.3 Å². The Morgan fingerprint density at radius 3 is 2.83 bits per heavy atom. The Bertz CT molecular complexity index is 375. The summed E-state index contributed by atoms with van der Waals surface area (Å²) in [5.74, 6) is 2.72. The Hall–Kier alpha value is -1.26. The molecule has 0 heterocycles. The molecule has 1 N–H and O–H groups in total. The third-order valence-electron chi connectivity index (χ3n) is 3.23. The number of hydrogen-bond donors (Lipinski definition) is 1. The van der Waals surface area contributed by atoms with E-state index in [1.165, 1.54) is 24.0 Å². The monoisotopic (exact) mass is 243 g/mol. The molecule has 1 aromatic rings. The molecule has 0 bridgehead atoms. The van der Waals surface area contributed by atoms with Crippen LogP contribution in [0.15, 0.2) is 24.3 Å². The lowest BCUT2D eigenvalue weighted by Gasteiger charge is -2.17. The lowest BCUT2D eigenvalue weighted by Crippen LogP contribution is -2.29. The van der Waals surface area contributed by atoms with Gasteiger partial charge in [0.25, 0.3) is 0 Å². The summed E-state index contributed by atoms with van der Waals surface area (Å²) in [5, 5.41) is 3.56. The van der Waals surface area contributed by atoms with Gasteiger partial charge in [-0.25, -0.2) is 0 Å². The van der Waals surface area contributed by atoms with Crippen LogP contribution in [-0.4, -0.2) is 12.6 Å². The number of aryl methyl sites for hydroxylation is 2. The van der Waals surface area contributed by atoms with Crippen molar-refractivity contribution < 1.29 is 0 Å². The molecule has 0 amide bonds. The fraction of sp³-hybridized carbons (Fsp3) is 0.529. The Morgan fingerprint density at radius 2 is 2.17 bits per heavy atom. The zero-order valence-corrected chi connectivity index (χ0v) is 11.7. The van der Waals surface area contributed by atoms with Crippen molar-refractivity contribution >= 4 is 0 Å². The van der Waals surface area contributed by atoms with Gasteiger partial charge < -0.3 is 5.32 Å². The van der Waals surface area contributed by atoms with Crippen LogP contribution in [0.5, 0.6) is 0 Å². The maximum atomic E-state index is 5.30. The zero-order chi connectivity index (χ0) is 13.2. The van der Waals surface area contributed by atoms with Gasteiger partial charge in [-0.3, -0.25) is 0 Å². The largest absolute Gasteiger partial charge is 0.314 e. The summed E-state index contributed by atoms with van der Waals surface area (Å²) in [7, 11) is 0. The number of hydrogen-bond acceptors (Lipinski definition) is 1. The fourth-order valence-corrected chi connectivity index (χ4v) is 2.30. The van der Waals surface area contributed by atoms with Crippen molar-refractivity contribution in [3.8, 4) is 12.3 Å². The average Bonchev–Trinajstić information content (AvgIpc) is 2.36. The minimum atomic E-state index is 0.601. The smallest absolute Gasteiger partial charge is 0.00866 e. The summed E-state index contributed by atoms with van der Waals surface area (Å²) in [5.41, 5.74) is 2.79. The van der Waals surface area contributed by atoms with Gasteiger partial charge in [-0.1, -0.05) is 36.8 Å². The molecule has 0 aliphatic rings. The summed E-state index contributed by atoms with van der Waals surface area (Å²) >= 11 is 0. The predicted molar refractivity (Wildman–Crippen MR) is 79.6 cm³/mol. The fourth-order valence-electron chi connectivity index (χ4n) is 2.30. The molecule has 0 aliphatic carbocycles. The van der Waals surface area contributed by atoms with Crippen LogP contribution in [0, 0.1) is 19.3 Å². The Morgan fingerprint density at radius 1 is 1.33 bits per heavy atom. The topological polar surface area (TPSA) is 12.0 Å². The van der Waals surface area contributed by atoms with E-state index in [1.807, 2.05) is 0 Å². The van der Waals surface area contributed by atoms with E-state index in [1.54, 1.807) is 0 Å². The van der Waals surface area contributed by atoms with Gasteiger partial charge in [0.2, 0.25) is 0 Å². The minimum absolute atomic E-state index is 0.601. The van der Waals surface area contributed by atoms with Gasteiger partial charge >= 0.3 is 0 Å². The number of terminal acetylenes is 1. The molecule has 0 fully saturated rings. The maximum absolute atomic E-state index is 5.30. The molecular weight excluding hydrogens is 218 g/mol. The van der Waals surface area contributed by atoms with Crippen LogP contribution in [0.4, 0.5) is 0 Å². The minimum Gasteiger partial charge on any atom is -0.314 e. The standard InChI is InChI=1S/C17H25N/c1-4-6-7-11-17(18-5-2)13-12-16-10-8-9-15(3)14-16/h1,8-10,14,17-18H,5-7,11-13H2,2-3H3. The van der Waals surface area contributed by atoms with E-state index in [-0.39, 0.29) is 0 Å². The summed E-state index contributed by atoms with van der Waals surface area (Å²) in [6.07, 6.45) is 10.9. The van der Waals surface area contributed by atoms with Crippen LogP contribution in [0.25, 0.3) is 0 Å². The van der Waals surface area contributed by atoms with Crippen molar-refractivity contribution in [3.05, 3.63) is 35.4 Å². The highest BCUT2D eigenvalue weighted by atomic mass is 14.9. The van der Waals surface area contributed by atoms with E-state index in [0.29, 0.717) is 6.04 Å². The van der Waals surface area contributed by atoms with Gasteiger partial charge in [-0.05, 0) is 44.7 Å². The third kappa shape index (κ3) is 5.89. The number of rotatable bonds is 8. The average molecular weight is 243 g/mol. The normalized spacial score (nSPS) is 12.1. The summed E-state index contributed by atoms with van der Waals surface area (Å²) in [4.78, 5) is 0. The van der Waals surface area contributed by atoms with Gasteiger partial charge in [0.05, 0.1) is 0 Å². The highest BCUT2D eigenvalue weighted by Gasteiger charge is 2.07. The van der Waals surface area contributed by atoms with E-state index in [9.17, 15) is 0 Å². The second-order valence-corrected chi connectivity index (χ2v) is 4.88. The van der Waals surface area contributed by atoms with Crippen LogP contribution in [0.3, 0.4) is 0 Å². The maximum Gasteiger partial charge on any atom is 0.00866 e. The quantitative estimate of drug-likeness (QED) is 0.542. The van der Waals surface area contributed by atoms with Crippen molar-refractivity contribution in [3.63, 3.8) is 0 Å². The van der Waals surface area contributed by atoms with Gasteiger partial charge in [-0.2, -0.15) is 0 Å². The second-order valence-electron chi connectivity index (χ2n) is 4.88. The SMILES string of the molecule is C#CCCCC(CCc1cccc(C)c1)NCC. The molecule has 0 aromatic heterocycles. The highest BCUT2D eigenvalue weighted by Crippen LogP contribution is 2.11. The van der Waals surface area contributed by atoms with Gasteiger partial charge in [0.1, 0.15) is 0 Å². The molecule has 0 saturated heterocycles. The van der Waals surface area contributed by atoms with Crippen molar-refractivity contribution in [1.82, 2.24) is 5.32 Å². The summed E-state index contributed by atoms with van der Waals surface area (Å²) < 4.78 is 0. The summed E-state index contributed by atoms with van der Waals surface area (Å²) in [6, 6.07) is 9.40. The van der Waals surface area contributed by atoms with Gasteiger partial charge in [0.15, 0.2) is 0 Å². The molecule has 1 aromatic carbocycles. The van der Waals surface area contributed by atoms with Gasteiger partial charge in [0, 0.05) is 12.5 Å². The number of benzene rings is 1. The first-order chi connectivity index (χ1) is 8.76. The van der Waals surface area contributed by atoms with Crippen molar-refractivity contribution in [1.29, 1.82) is 0 Å². The van der Waals surface area contributed by atoms with Crippen LogP contribution in [-0.2, 0) is 6.42 Å². The van der Waals surface area contributed by atoms with E-state index in [0.717, 1.165) is 25.8 Å². The second kappa shape index (κ2) is 8.78. The van der Waals surface area contributed by atoms with Crippen LogP contribution >= 0.6 is 0 Å².